The Balaban J connectivity index is 1.50. The Kier molecular flexibility index (Phi) is 5.70. The molecule has 5 heteroatoms. The summed E-state index contributed by atoms with van der Waals surface area (Å²) in [6, 6.07) is 21.8. The molecule has 0 bridgehead atoms. The van der Waals surface area contributed by atoms with Crippen molar-refractivity contribution in [2.75, 3.05) is 7.11 Å². The average Bonchev–Trinajstić information content (AvgIpc) is 3.21. The van der Waals surface area contributed by atoms with E-state index in [0.717, 1.165) is 39.5 Å². The molecule has 1 N–H and O–H groups in total. The fourth-order valence-electron chi connectivity index (χ4n) is 3.03. The molecule has 1 heterocycles. The van der Waals surface area contributed by atoms with Crippen LogP contribution >= 0.6 is 23.2 Å². The van der Waals surface area contributed by atoms with E-state index in [1.807, 2.05) is 42.5 Å². The smallest absolute Gasteiger partial charge is 0.130 e. The van der Waals surface area contributed by atoms with Gasteiger partial charge in [-0.05, 0) is 53.1 Å². The number of H-pyrrole nitrogens is 1. The summed E-state index contributed by atoms with van der Waals surface area (Å²) in [4.78, 5) is 7.68. The predicted molar refractivity (Wildman–Crippen MR) is 121 cm³/mol. The third-order valence-electron chi connectivity index (χ3n) is 4.56. The number of halogens is 2. The van der Waals surface area contributed by atoms with E-state index in [1.165, 1.54) is 0 Å². The standard InChI is InChI=1S/C24H18Cl2N2O/c1-29-20-4-2-3-18(13-20)17-8-5-16(6-9-17)7-12-24-27-15-23(28-24)21-11-10-19(25)14-22(21)26/h2-15H,1H3,(H,27,28)/b12-7+. The molecule has 0 aliphatic heterocycles. The molecule has 0 aliphatic carbocycles. The molecule has 0 radical (unpaired) electrons. The van der Waals surface area contributed by atoms with Crippen molar-refractivity contribution in [1.29, 1.82) is 0 Å². The molecule has 0 unspecified atom stereocenters. The van der Waals surface area contributed by atoms with E-state index in [-0.39, 0.29) is 0 Å². The molecule has 3 nitrogen and oxygen atoms in total. The molecule has 1 aromatic heterocycles. The maximum absolute atomic E-state index is 6.27. The summed E-state index contributed by atoms with van der Waals surface area (Å²) in [5.41, 5.74) is 5.05. The van der Waals surface area contributed by atoms with Crippen LogP contribution < -0.4 is 4.74 Å². The maximum Gasteiger partial charge on any atom is 0.130 e. The highest BCUT2D eigenvalue weighted by Gasteiger charge is 2.07. The average molecular weight is 421 g/mol. The monoisotopic (exact) mass is 420 g/mol. The van der Waals surface area contributed by atoms with Crippen LogP contribution in [-0.4, -0.2) is 17.1 Å². The van der Waals surface area contributed by atoms with Gasteiger partial charge in [0, 0.05) is 10.6 Å². The summed E-state index contributed by atoms with van der Waals surface area (Å²) < 4.78 is 5.30. The quantitative estimate of drug-likeness (QED) is 0.369. The van der Waals surface area contributed by atoms with Crippen LogP contribution in [0.2, 0.25) is 10.0 Å². The lowest BCUT2D eigenvalue weighted by molar-refractivity contribution is 0.415. The molecule has 0 atom stereocenters. The molecule has 0 spiro atoms. The summed E-state index contributed by atoms with van der Waals surface area (Å²) in [5.74, 6) is 1.60. The Labute approximate surface area is 179 Å². The van der Waals surface area contributed by atoms with Crippen molar-refractivity contribution in [2.24, 2.45) is 0 Å². The second-order valence-electron chi connectivity index (χ2n) is 6.49. The second kappa shape index (κ2) is 8.56. The van der Waals surface area contributed by atoms with Gasteiger partial charge in [-0.25, -0.2) is 4.98 Å². The van der Waals surface area contributed by atoms with Gasteiger partial charge in [0.1, 0.15) is 11.6 Å². The van der Waals surface area contributed by atoms with Crippen LogP contribution in [-0.2, 0) is 0 Å². The fourth-order valence-corrected chi connectivity index (χ4v) is 3.54. The number of rotatable bonds is 5. The minimum atomic E-state index is 0.588. The van der Waals surface area contributed by atoms with Gasteiger partial charge >= 0.3 is 0 Å². The lowest BCUT2D eigenvalue weighted by Crippen LogP contribution is -1.84. The van der Waals surface area contributed by atoms with Crippen molar-refractivity contribution in [3.8, 4) is 28.1 Å². The number of ether oxygens (including phenoxy) is 1. The third kappa shape index (κ3) is 4.53. The lowest BCUT2D eigenvalue weighted by atomic mass is 10.0. The molecule has 4 rings (SSSR count). The highest BCUT2D eigenvalue weighted by Crippen LogP contribution is 2.29. The van der Waals surface area contributed by atoms with E-state index in [4.69, 9.17) is 27.9 Å². The van der Waals surface area contributed by atoms with Crippen molar-refractivity contribution in [2.45, 2.75) is 0 Å². The minimum Gasteiger partial charge on any atom is -0.497 e. The predicted octanol–water partition coefficient (Wildman–Crippen LogP) is 7.23. The molecule has 4 aromatic rings. The zero-order chi connectivity index (χ0) is 20.2. The van der Waals surface area contributed by atoms with Crippen LogP contribution in [0.25, 0.3) is 34.5 Å². The normalized spacial score (nSPS) is 11.1. The van der Waals surface area contributed by atoms with E-state index < -0.39 is 0 Å². The van der Waals surface area contributed by atoms with Crippen LogP contribution in [0.1, 0.15) is 11.4 Å². The number of nitrogens with zero attached hydrogens (tertiary/aromatic N) is 1. The van der Waals surface area contributed by atoms with Gasteiger partial charge in [0.2, 0.25) is 0 Å². The molecule has 144 valence electrons. The Morgan fingerprint density at radius 3 is 2.48 bits per heavy atom. The van der Waals surface area contributed by atoms with Gasteiger partial charge < -0.3 is 9.72 Å². The van der Waals surface area contributed by atoms with E-state index >= 15 is 0 Å². The third-order valence-corrected chi connectivity index (χ3v) is 5.11. The van der Waals surface area contributed by atoms with Crippen LogP contribution in [0.3, 0.4) is 0 Å². The summed E-state index contributed by atoms with van der Waals surface area (Å²) in [6.45, 7) is 0. The number of hydrogen-bond donors (Lipinski definition) is 1. The van der Waals surface area contributed by atoms with Crippen LogP contribution in [0.15, 0.2) is 72.9 Å². The van der Waals surface area contributed by atoms with Crippen molar-refractivity contribution < 1.29 is 4.74 Å². The summed E-state index contributed by atoms with van der Waals surface area (Å²) in [6.07, 6.45) is 5.72. The van der Waals surface area contributed by atoms with Crippen molar-refractivity contribution >= 4 is 35.4 Å². The van der Waals surface area contributed by atoms with Gasteiger partial charge in [0.15, 0.2) is 0 Å². The molecular formula is C24H18Cl2N2O. The number of nitrogens with one attached hydrogen (secondary N) is 1. The Hall–Kier alpha value is -3.01. The largest absolute Gasteiger partial charge is 0.497 e. The molecule has 0 saturated heterocycles. The first-order chi connectivity index (χ1) is 14.1. The number of imidazole rings is 1. The zero-order valence-electron chi connectivity index (χ0n) is 15.7. The van der Waals surface area contributed by atoms with Gasteiger partial charge in [-0.2, -0.15) is 0 Å². The van der Waals surface area contributed by atoms with Gasteiger partial charge in [-0.1, -0.05) is 65.7 Å². The lowest BCUT2D eigenvalue weighted by Gasteiger charge is -2.05. The SMILES string of the molecule is COc1cccc(-c2ccc(/C=C/c3ncc(-c4ccc(Cl)cc4Cl)[nH]3)cc2)c1. The number of hydrogen-bond acceptors (Lipinski definition) is 2. The van der Waals surface area contributed by atoms with Crippen LogP contribution in [0.4, 0.5) is 0 Å². The highest BCUT2D eigenvalue weighted by atomic mass is 35.5. The van der Waals surface area contributed by atoms with Gasteiger partial charge in [-0.3, -0.25) is 0 Å². The van der Waals surface area contributed by atoms with Crippen molar-refractivity contribution in [3.63, 3.8) is 0 Å². The topological polar surface area (TPSA) is 37.9 Å². The van der Waals surface area contributed by atoms with E-state index in [9.17, 15) is 0 Å². The number of methoxy groups -OCH3 is 1. The van der Waals surface area contributed by atoms with E-state index in [1.54, 1.807) is 19.4 Å². The summed E-state index contributed by atoms with van der Waals surface area (Å²) in [5, 5.41) is 1.19. The first-order valence-corrected chi connectivity index (χ1v) is 9.81. The molecular weight excluding hydrogens is 403 g/mol. The van der Waals surface area contributed by atoms with Gasteiger partial charge in [0.05, 0.1) is 24.0 Å². The van der Waals surface area contributed by atoms with Crippen molar-refractivity contribution in [3.05, 3.63) is 94.4 Å². The van der Waals surface area contributed by atoms with Crippen LogP contribution in [0.5, 0.6) is 5.75 Å². The number of aromatic amines is 1. The zero-order valence-corrected chi connectivity index (χ0v) is 17.2. The first kappa shape index (κ1) is 19.3. The van der Waals surface area contributed by atoms with Gasteiger partial charge in [-0.15, -0.1) is 0 Å². The van der Waals surface area contributed by atoms with E-state index in [0.29, 0.717) is 10.0 Å². The Bertz CT molecular complexity index is 1160. The second-order valence-corrected chi connectivity index (χ2v) is 7.34. The van der Waals surface area contributed by atoms with Gasteiger partial charge in [0.25, 0.3) is 0 Å². The Morgan fingerprint density at radius 2 is 1.72 bits per heavy atom. The number of benzene rings is 3. The molecule has 29 heavy (non-hydrogen) atoms. The van der Waals surface area contributed by atoms with Crippen LogP contribution in [0, 0.1) is 0 Å². The van der Waals surface area contributed by atoms with E-state index in [2.05, 4.69) is 40.3 Å². The number of aromatic nitrogens is 2. The minimum absolute atomic E-state index is 0.588. The molecule has 0 aliphatic rings. The molecule has 0 saturated carbocycles. The summed E-state index contributed by atoms with van der Waals surface area (Å²) >= 11 is 12.2. The first-order valence-electron chi connectivity index (χ1n) is 9.05. The molecule has 3 aromatic carbocycles. The Morgan fingerprint density at radius 1 is 0.897 bits per heavy atom. The maximum atomic E-state index is 6.27. The van der Waals surface area contributed by atoms with Crippen molar-refractivity contribution in [1.82, 2.24) is 9.97 Å². The summed E-state index contributed by atoms with van der Waals surface area (Å²) in [7, 11) is 1.67. The molecule has 0 amide bonds. The molecule has 0 fully saturated rings. The highest BCUT2D eigenvalue weighted by molar-refractivity contribution is 6.36. The fraction of sp³-hybridized carbons (Fsp3) is 0.0417.